The predicted octanol–water partition coefficient (Wildman–Crippen LogP) is 2.49. The molecule has 5 heteroatoms. The maximum Gasteiger partial charge on any atom is 0.253 e. The van der Waals surface area contributed by atoms with E-state index in [1.165, 1.54) is 0 Å². The molecule has 0 aliphatic carbocycles. The fourth-order valence-electron chi connectivity index (χ4n) is 1.81. The highest BCUT2D eigenvalue weighted by atomic mass is 16.2. The van der Waals surface area contributed by atoms with Gasteiger partial charge in [-0.25, -0.2) is 0 Å². The highest BCUT2D eigenvalue weighted by Gasteiger charge is 2.15. The van der Waals surface area contributed by atoms with Gasteiger partial charge < -0.3 is 15.5 Å². The molecule has 0 heterocycles. The van der Waals surface area contributed by atoms with Crippen molar-refractivity contribution in [2.45, 2.75) is 27.2 Å². The highest BCUT2D eigenvalue weighted by molar-refractivity contribution is 6.02. The van der Waals surface area contributed by atoms with E-state index in [4.69, 9.17) is 0 Å². The van der Waals surface area contributed by atoms with Gasteiger partial charge in [-0.2, -0.15) is 0 Å². The Hall–Kier alpha value is -2.04. The van der Waals surface area contributed by atoms with Crippen molar-refractivity contribution in [2.75, 3.05) is 30.9 Å². The Kier molecular flexibility index (Phi) is 6.21. The molecule has 0 saturated carbocycles. The van der Waals surface area contributed by atoms with Crippen molar-refractivity contribution in [1.29, 1.82) is 0 Å². The summed E-state index contributed by atoms with van der Waals surface area (Å²) < 4.78 is 0. The molecule has 2 N–H and O–H groups in total. The second-order valence-corrected chi connectivity index (χ2v) is 5.53. The third-order valence-corrected chi connectivity index (χ3v) is 3.05. The predicted molar refractivity (Wildman–Crippen MR) is 86.9 cm³/mol. The van der Waals surface area contributed by atoms with Crippen LogP contribution in [-0.4, -0.2) is 32.5 Å². The lowest BCUT2D eigenvalue weighted by molar-refractivity contribution is -0.118. The quantitative estimate of drug-likeness (QED) is 0.846. The first-order valence-corrected chi connectivity index (χ1v) is 7.27. The molecule has 2 amide bonds. The van der Waals surface area contributed by atoms with E-state index in [-0.39, 0.29) is 17.7 Å². The van der Waals surface area contributed by atoms with Crippen LogP contribution >= 0.6 is 0 Å². The van der Waals surface area contributed by atoms with Crippen LogP contribution in [0.5, 0.6) is 0 Å². The minimum atomic E-state index is -0.124. The molecule has 0 bridgehead atoms. The number of nitrogens with zero attached hydrogens (tertiary/aromatic N) is 1. The lowest BCUT2D eigenvalue weighted by atomic mass is 10.1. The van der Waals surface area contributed by atoms with Gasteiger partial charge in [0, 0.05) is 37.9 Å². The normalized spacial score (nSPS) is 10.4. The van der Waals surface area contributed by atoms with Crippen molar-refractivity contribution < 1.29 is 9.59 Å². The lowest BCUT2D eigenvalue weighted by Gasteiger charge is -2.18. The molecule has 116 valence electrons. The average Bonchev–Trinajstić information content (AvgIpc) is 2.44. The van der Waals surface area contributed by atoms with E-state index in [2.05, 4.69) is 10.6 Å². The van der Waals surface area contributed by atoms with Crippen LogP contribution in [-0.2, 0) is 4.79 Å². The standard InChI is InChI=1S/C16H25N3O2/c1-6-9-17-16(21)13-10-12(18-15(20)11(2)3)7-8-14(13)19(4)5/h7-8,10-11H,6,9H2,1-5H3,(H,17,21)(H,18,20). The summed E-state index contributed by atoms with van der Waals surface area (Å²) in [5.41, 5.74) is 2.03. The van der Waals surface area contributed by atoms with Crippen LogP contribution in [0.25, 0.3) is 0 Å². The van der Waals surface area contributed by atoms with Crippen molar-refractivity contribution >= 4 is 23.2 Å². The summed E-state index contributed by atoms with van der Waals surface area (Å²) in [5.74, 6) is -0.287. The number of carbonyl (C=O) groups is 2. The van der Waals surface area contributed by atoms with Gasteiger partial charge in [-0.15, -0.1) is 0 Å². The van der Waals surface area contributed by atoms with Gasteiger partial charge in [0.15, 0.2) is 0 Å². The van der Waals surface area contributed by atoms with Crippen LogP contribution < -0.4 is 15.5 Å². The smallest absolute Gasteiger partial charge is 0.253 e. The first kappa shape index (κ1) is 17.0. The van der Waals surface area contributed by atoms with E-state index >= 15 is 0 Å². The molecule has 0 aliphatic heterocycles. The summed E-state index contributed by atoms with van der Waals surface area (Å²) in [7, 11) is 3.77. The minimum absolute atomic E-state index is 0.0625. The maximum absolute atomic E-state index is 12.3. The van der Waals surface area contributed by atoms with Gasteiger partial charge in [0.1, 0.15) is 0 Å². The summed E-state index contributed by atoms with van der Waals surface area (Å²) in [6.45, 7) is 6.30. The Morgan fingerprint density at radius 2 is 1.90 bits per heavy atom. The number of anilines is 2. The molecule has 0 atom stereocenters. The lowest BCUT2D eigenvalue weighted by Crippen LogP contribution is -2.27. The number of hydrogen-bond acceptors (Lipinski definition) is 3. The van der Waals surface area contributed by atoms with Crippen LogP contribution in [0.4, 0.5) is 11.4 Å². The van der Waals surface area contributed by atoms with Crippen molar-refractivity contribution in [3.63, 3.8) is 0 Å². The molecule has 5 nitrogen and oxygen atoms in total. The highest BCUT2D eigenvalue weighted by Crippen LogP contribution is 2.23. The Balaban J connectivity index is 3.06. The summed E-state index contributed by atoms with van der Waals surface area (Å²) in [6.07, 6.45) is 0.882. The molecule has 0 aliphatic rings. The number of rotatable bonds is 6. The zero-order chi connectivity index (χ0) is 16.0. The van der Waals surface area contributed by atoms with Crippen molar-refractivity contribution in [1.82, 2.24) is 5.32 Å². The topological polar surface area (TPSA) is 61.4 Å². The Labute approximate surface area is 126 Å². The van der Waals surface area contributed by atoms with Crippen LogP contribution in [0.1, 0.15) is 37.6 Å². The molecule has 0 spiro atoms. The van der Waals surface area contributed by atoms with Gasteiger partial charge in [0.05, 0.1) is 5.56 Å². The van der Waals surface area contributed by atoms with Gasteiger partial charge in [-0.05, 0) is 24.6 Å². The van der Waals surface area contributed by atoms with Gasteiger partial charge >= 0.3 is 0 Å². The summed E-state index contributed by atoms with van der Waals surface area (Å²) in [6, 6.07) is 5.38. The monoisotopic (exact) mass is 291 g/mol. The first-order chi connectivity index (χ1) is 9.86. The second kappa shape index (κ2) is 7.67. The third-order valence-electron chi connectivity index (χ3n) is 3.05. The number of nitrogens with one attached hydrogen (secondary N) is 2. The third kappa shape index (κ3) is 4.77. The van der Waals surface area contributed by atoms with Crippen LogP contribution in [0.3, 0.4) is 0 Å². The van der Waals surface area contributed by atoms with Crippen LogP contribution in [0, 0.1) is 5.92 Å². The van der Waals surface area contributed by atoms with Gasteiger partial charge in [-0.3, -0.25) is 9.59 Å². The molecule has 0 fully saturated rings. The van der Waals surface area contributed by atoms with Gasteiger partial charge in [-0.1, -0.05) is 20.8 Å². The minimum Gasteiger partial charge on any atom is -0.377 e. The SMILES string of the molecule is CCCNC(=O)c1cc(NC(=O)C(C)C)ccc1N(C)C. The van der Waals surface area contributed by atoms with Crippen molar-refractivity contribution in [3.05, 3.63) is 23.8 Å². The van der Waals surface area contributed by atoms with E-state index in [0.717, 1.165) is 12.1 Å². The average molecular weight is 291 g/mol. The molecule has 0 saturated heterocycles. The second-order valence-electron chi connectivity index (χ2n) is 5.53. The zero-order valence-corrected chi connectivity index (χ0v) is 13.5. The Morgan fingerprint density at radius 3 is 2.43 bits per heavy atom. The number of hydrogen-bond donors (Lipinski definition) is 2. The van der Waals surface area contributed by atoms with E-state index in [9.17, 15) is 9.59 Å². The number of carbonyl (C=O) groups excluding carboxylic acids is 2. The Morgan fingerprint density at radius 1 is 1.24 bits per heavy atom. The maximum atomic E-state index is 12.3. The van der Waals surface area contributed by atoms with E-state index in [1.807, 2.05) is 51.9 Å². The molecule has 1 rings (SSSR count). The Bertz CT molecular complexity index is 510. The molecular weight excluding hydrogens is 266 g/mol. The van der Waals surface area contributed by atoms with E-state index in [1.54, 1.807) is 6.07 Å². The molecule has 21 heavy (non-hydrogen) atoms. The van der Waals surface area contributed by atoms with Crippen LogP contribution in [0.2, 0.25) is 0 Å². The summed E-state index contributed by atoms with van der Waals surface area (Å²) >= 11 is 0. The summed E-state index contributed by atoms with van der Waals surface area (Å²) in [5, 5.41) is 5.69. The molecule has 1 aromatic rings. The van der Waals surface area contributed by atoms with Gasteiger partial charge in [0.25, 0.3) is 5.91 Å². The van der Waals surface area contributed by atoms with Gasteiger partial charge in [0.2, 0.25) is 5.91 Å². The number of amides is 2. The summed E-state index contributed by atoms with van der Waals surface area (Å²) in [4.78, 5) is 25.9. The van der Waals surface area contributed by atoms with Crippen molar-refractivity contribution in [3.8, 4) is 0 Å². The van der Waals surface area contributed by atoms with Crippen LogP contribution in [0.15, 0.2) is 18.2 Å². The molecule has 0 unspecified atom stereocenters. The van der Waals surface area contributed by atoms with E-state index < -0.39 is 0 Å². The first-order valence-electron chi connectivity index (χ1n) is 7.27. The molecule has 1 aromatic carbocycles. The largest absolute Gasteiger partial charge is 0.377 e. The fraction of sp³-hybridized carbons (Fsp3) is 0.500. The zero-order valence-electron chi connectivity index (χ0n) is 13.5. The molecule has 0 radical (unpaired) electrons. The van der Waals surface area contributed by atoms with Crippen molar-refractivity contribution in [2.24, 2.45) is 5.92 Å². The molecular formula is C16H25N3O2. The molecule has 0 aromatic heterocycles. The fourth-order valence-corrected chi connectivity index (χ4v) is 1.81. The number of benzene rings is 1. The van der Waals surface area contributed by atoms with E-state index in [0.29, 0.717) is 17.8 Å².